The number of hydrogen-bond acceptors (Lipinski definition) is 3. The number of carbonyl (C=O) groups is 3. The summed E-state index contributed by atoms with van der Waals surface area (Å²) in [7, 11) is 0. The normalized spacial score (nSPS) is 9.73. The molecule has 0 aromatic heterocycles. The van der Waals surface area contributed by atoms with Crippen LogP contribution in [0.15, 0.2) is 54.6 Å². The Kier molecular flexibility index (Phi) is 6.99. The molecule has 2 rings (SSSR count). The monoisotopic (exact) mass is 355 g/mol. The van der Waals surface area contributed by atoms with E-state index in [4.69, 9.17) is 0 Å². The average Bonchev–Trinajstić information content (AvgIpc) is 2.61. The van der Waals surface area contributed by atoms with Crippen molar-refractivity contribution < 1.29 is 14.4 Å². The van der Waals surface area contributed by atoms with Gasteiger partial charge in [-0.3, -0.25) is 4.79 Å². The van der Waals surface area contributed by atoms with E-state index in [-0.39, 0.29) is 12.5 Å². The molecule has 2 aromatic carbocycles. The Morgan fingerprint density at radius 1 is 0.731 bits per heavy atom. The van der Waals surface area contributed by atoms with E-state index in [1.54, 1.807) is 43.3 Å². The first-order valence-corrected chi connectivity index (χ1v) is 8.11. The summed E-state index contributed by atoms with van der Waals surface area (Å²) in [6.45, 7) is 2.11. The maximum Gasteiger partial charge on any atom is 0.323 e. The molecule has 0 unspecified atom stereocenters. The minimum Gasteiger partial charge on any atom is -0.338 e. The molecule has 0 fully saturated rings. The van der Waals surface area contributed by atoms with Gasteiger partial charge in [-0.25, -0.2) is 9.59 Å². The van der Waals surface area contributed by atoms with Crippen LogP contribution in [-0.4, -0.2) is 31.1 Å². The molecule has 0 saturated carbocycles. The number of hydrogen-bond donors (Lipinski definition) is 5. The number of benzene rings is 2. The maximum atomic E-state index is 12.0. The van der Waals surface area contributed by atoms with E-state index in [0.29, 0.717) is 23.6 Å². The van der Waals surface area contributed by atoms with Crippen LogP contribution in [0.25, 0.3) is 0 Å². The van der Waals surface area contributed by atoms with Gasteiger partial charge in [0, 0.05) is 23.6 Å². The van der Waals surface area contributed by atoms with Crippen molar-refractivity contribution in [2.75, 3.05) is 29.0 Å². The van der Waals surface area contributed by atoms with Crippen molar-refractivity contribution in [1.82, 2.24) is 10.6 Å². The standard InChI is InChI=1S/C18H21N5O3/c1-2-19-17(25)20-12-16(24)21-14-9-6-10-15(11-14)23-18(26)22-13-7-4-3-5-8-13/h3-11H,2,12H2,1H3,(H,21,24)(H2,19,20,25)(H2,22,23,26). The van der Waals surface area contributed by atoms with E-state index in [0.717, 1.165) is 0 Å². The van der Waals surface area contributed by atoms with Crippen molar-refractivity contribution in [3.05, 3.63) is 54.6 Å². The molecule has 0 aliphatic heterocycles. The van der Waals surface area contributed by atoms with Gasteiger partial charge in [0.15, 0.2) is 0 Å². The number of nitrogens with one attached hydrogen (secondary N) is 5. The maximum absolute atomic E-state index is 12.0. The predicted molar refractivity (Wildman–Crippen MR) is 101 cm³/mol. The van der Waals surface area contributed by atoms with Crippen LogP contribution < -0.4 is 26.6 Å². The van der Waals surface area contributed by atoms with Gasteiger partial charge < -0.3 is 26.6 Å². The highest BCUT2D eigenvalue weighted by atomic mass is 16.2. The van der Waals surface area contributed by atoms with E-state index >= 15 is 0 Å². The average molecular weight is 355 g/mol. The molecule has 5 amide bonds. The number of amides is 5. The molecule has 0 heterocycles. The minimum absolute atomic E-state index is 0.155. The molecule has 26 heavy (non-hydrogen) atoms. The van der Waals surface area contributed by atoms with E-state index in [1.807, 2.05) is 18.2 Å². The molecule has 2 aromatic rings. The first kappa shape index (κ1) is 18.8. The van der Waals surface area contributed by atoms with Gasteiger partial charge in [-0.2, -0.15) is 0 Å². The van der Waals surface area contributed by atoms with E-state index in [9.17, 15) is 14.4 Å². The second-order valence-corrected chi connectivity index (χ2v) is 5.29. The zero-order valence-electron chi connectivity index (χ0n) is 14.3. The first-order chi connectivity index (χ1) is 12.6. The lowest BCUT2D eigenvalue weighted by Crippen LogP contribution is -2.39. The van der Waals surface area contributed by atoms with Crippen molar-refractivity contribution in [1.29, 1.82) is 0 Å². The summed E-state index contributed by atoms with van der Waals surface area (Å²) in [5, 5.41) is 13.0. The summed E-state index contributed by atoms with van der Waals surface area (Å²) >= 11 is 0. The molecular formula is C18H21N5O3. The third kappa shape index (κ3) is 6.52. The van der Waals surface area contributed by atoms with Crippen LogP contribution >= 0.6 is 0 Å². The Bertz CT molecular complexity index is 764. The van der Waals surface area contributed by atoms with Crippen LogP contribution in [0.1, 0.15) is 6.92 Å². The Labute approximate surface area is 151 Å². The molecule has 8 heteroatoms. The molecule has 0 aliphatic carbocycles. The Balaban J connectivity index is 1.86. The molecule has 8 nitrogen and oxygen atoms in total. The highest BCUT2D eigenvalue weighted by molar-refractivity contribution is 6.00. The fourth-order valence-electron chi connectivity index (χ4n) is 2.08. The van der Waals surface area contributed by atoms with Gasteiger partial charge in [-0.15, -0.1) is 0 Å². The smallest absolute Gasteiger partial charge is 0.323 e. The summed E-state index contributed by atoms with van der Waals surface area (Å²) in [6, 6.07) is 15.0. The molecule has 5 N–H and O–H groups in total. The van der Waals surface area contributed by atoms with Crippen LogP contribution in [0, 0.1) is 0 Å². The molecule has 0 saturated heterocycles. The molecule has 0 bridgehead atoms. The highest BCUT2D eigenvalue weighted by Gasteiger charge is 2.07. The first-order valence-electron chi connectivity index (χ1n) is 8.11. The van der Waals surface area contributed by atoms with Crippen molar-refractivity contribution >= 4 is 35.0 Å². The van der Waals surface area contributed by atoms with Crippen LogP contribution in [0.3, 0.4) is 0 Å². The molecule has 136 valence electrons. The third-order valence-electron chi connectivity index (χ3n) is 3.18. The summed E-state index contributed by atoms with van der Waals surface area (Å²) in [5.74, 6) is -0.373. The van der Waals surface area contributed by atoms with E-state index in [2.05, 4.69) is 26.6 Å². The minimum atomic E-state index is -0.407. The second-order valence-electron chi connectivity index (χ2n) is 5.29. The number of anilines is 3. The van der Waals surface area contributed by atoms with Crippen LogP contribution in [0.2, 0.25) is 0 Å². The van der Waals surface area contributed by atoms with Gasteiger partial charge in [0.25, 0.3) is 0 Å². The zero-order valence-corrected chi connectivity index (χ0v) is 14.3. The fraction of sp³-hybridized carbons (Fsp3) is 0.167. The van der Waals surface area contributed by atoms with Crippen molar-refractivity contribution in [3.8, 4) is 0 Å². The number of para-hydroxylation sites is 1. The zero-order chi connectivity index (χ0) is 18.8. The Morgan fingerprint density at radius 2 is 1.35 bits per heavy atom. The highest BCUT2D eigenvalue weighted by Crippen LogP contribution is 2.15. The molecule has 0 radical (unpaired) electrons. The van der Waals surface area contributed by atoms with Gasteiger partial charge in [-0.05, 0) is 37.3 Å². The molecule has 0 spiro atoms. The third-order valence-corrected chi connectivity index (χ3v) is 3.18. The largest absolute Gasteiger partial charge is 0.338 e. The second kappa shape index (κ2) is 9.67. The molecule has 0 atom stereocenters. The fourth-order valence-corrected chi connectivity index (χ4v) is 2.08. The van der Waals surface area contributed by atoms with E-state index in [1.165, 1.54) is 0 Å². The van der Waals surface area contributed by atoms with Crippen molar-refractivity contribution in [3.63, 3.8) is 0 Å². The number of urea groups is 2. The van der Waals surface area contributed by atoms with Gasteiger partial charge in [0.2, 0.25) is 5.91 Å². The van der Waals surface area contributed by atoms with Crippen LogP contribution in [-0.2, 0) is 4.79 Å². The summed E-state index contributed by atoms with van der Waals surface area (Å²) < 4.78 is 0. The summed E-state index contributed by atoms with van der Waals surface area (Å²) in [5.41, 5.74) is 1.70. The summed E-state index contributed by atoms with van der Waals surface area (Å²) in [6.07, 6.45) is 0. The van der Waals surface area contributed by atoms with Crippen molar-refractivity contribution in [2.45, 2.75) is 6.92 Å². The Hall–Kier alpha value is -3.55. The van der Waals surface area contributed by atoms with Gasteiger partial charge in [-0.1, -0.05) is 24.3 Å². The SMILES string of the molecule is CCNC(=O)NCC(=O)Nc1cccc(NC(=O)Nc2ccccc2)c1. The van der Waals surface area contributed by atoms with Crippen LogP contribution in [0.5, 0.6) is 0 Å². The van der Waals surface area contributed by atoms with Gasteiger partial charge in [0.1, 0.15) is 0 Å². The van der Waals surface area contributed by atoms with Gasteiger partial charge in [0.05, 0.1) is 6.54 Å². The number of carbonyl (C=O) groups excluding carboxylic acids is 3. The summed E-state index contributed by atoms with van der Waals surface area (Å²) in [4.78, 5) is 35.1. The van der Waals surface area contributed by atoms with Gasteiger partial charge >= 0.3 is 12.1 Å². The molecular weight excluding hydrogens is 334 g/mol. The lowest BCUT2D eigenvalue weighted by Gasteiger charge is -2.10. The Morgan fingerprint density at radius 3 is 2.04 bits per heavy atom. The number of rotatable bonds is 6. The lowest BCUT2D eigenvalue weighted by molar-refractivity contribution is -0.115. The molecule has 0 aliphatic rings. The topological polar surface area (TPSA) is 111 Å². The van der Waals surface area contributed by atoms with Crippen molar-refractivity contribution in [2.24, 2.45) is 0 Å². The quantitative estimate of drug-likeness (QED) is 0.549. The lowest BCUT2D eigenvalue weighted by atomic mass is 10.2. The van der Waals surface area contributed by atoms with Crippen LogP contribution in [0.4, 0.5) is 26.7 Å². The van der Waals surface area contributed by atoms with E-state index < -0.39 is 12.1 Å². The predicted octanol–water partition coefficient (Wildman–Crippen LogP) is 2.59.